The van der Waals surface area contributed by atoms with E-state index < -0.39 is 0 Å². The summed E-state index contributed by atoms with van der Waals surface area (Å²) >= 11 is 0. The third-order valence-electron chi connectivity index (χ3n) is 3.03. The van der Waals surface area contributed by atoms with Crippen molar-refractivity contribution < 1.29 is 9.53 Å². The highest BCUT2D eigenvalue weighted by Crippen LogP contribution is 2.08. The van der Waals surface area contributed by atoms with Crippen LogP contribution in [0.15, 0.2) is 30.3 Å². The second-order valence-electron chi connectivity index (χ2n) is 4.45. The van der Waals surface area contributed by atoms with Gasteiger partial charge in [0, 0.05) is 12.6 Å². The van der Waals surface area contributed by atoms with Gasteiger partial charge in [-0.2, -0.15) is 0 Å². The van der Waals surface area contributed by atoms with Crippen LogP contribution in [0.5, 0.6) is 0 Å². The lowest BCUT2D eigenvalue weighted by Crippen LogP contribution is -2.39. The first-order valence-corrected chi connectivity index (χ1v) is 5.93. The van der Waals surface area contributed by atoms with Crippen LogP contribution in [-0.2, 0) is 11.3 Å². The molecule has 1 aliphatic heterocycles. The molecule has 1 fully saturated rings. The average Bonchev–Trinajstić information content (AvgIpc) is 2.74. The molecule has 2 rings (SSSR count). The zero-order chi connectivity index (χ0) is 12.1. The molecule has 2 N–H and O–H groups in total. The van der Waals surface area contributed by atoms with Gasteiger partial charge < -0.3 is 15.4 Å². The lowest BCUT2D eigenvalue weighted by atomic mass is 10.1. The Balaban J connectivity index is 0.00000162. The number of benzene rings is 1. The van der Waals surface area contributed by atoms with Crippen LogP contribution in [0.1, 0.15) is 12.5 Å². The SMILES string of the molecule is C[C@H]1CNC[C@@H]1NC(=O)OCc1ccccc1.Cl. The third kappa shape index (κ3) is 4.20. The van der Waals surface area contributed by atoms with E-state index in [4.69, 9.17) is 4.74 Å². The van der Waals surface area contributed by atoms with Crippen LogP contribution >= 0.6 is 12.4 Å². The van der Waals surface area contributed by atoms with Gasteiger partial charge in [0.2, 0.25) is 0 Å². The Morgan fingerprint density at radius 2 is 2.11 bits per heavy atom. The fraction of sp³-hybridized carbons (Fsp3) is 0.462. The van der Waals surface area contributed by atoms with Gasteiger partial charge >= 0.3 is 6.09 Å². The molecule has 0 bridgehead atoms. The molecule has 0 unspecified atom stereocenters. The van der Waals surface area contributed by atoms with E-state index in [2.05, 4.69) is 17.6 Å². The van der Waals surface area contributed by atoms with Crippen LogP contribution in [0, 0.1) is 5.92 Å². The summed E-state index contributed by atoms with van der Waals surface area (Å²) in [4.78, 5) is 11.6. The van der Waals surface area contributed by atoms with Gasteiger partial charge in [-0.3, -0.25) is 0 Å². The highest BCUT2D eigenvalue weighted by molar-refractivity contribution is 5.85. The van der Waals surface area contributed by atoms with Crippen molar-refractivity contribution >= 4 is 18.5 Å². The molecule has 4 nitrogen and oxygen atoms in total. The van der Waals surface area contributed by atoms with Crippen molar-refractivity contribution in [3.8, 4) is 0 Å². The molecule has 1 heterocycles. The number of hydrogen-bond acceptors (Lipinski definition) is 3. The normalized spacial score (nSPS) is 22.1. The maximum Gasteiger partial charge on any atom is 0.407 e. The lowest BCUT2D eigenvalue weighted by Gasteiger charge is -2.16. The van der Waals surface area contributed by atoms with Crippen LogP contribution in [0.2, 0.25) is 0 Å². The molecule has 18 heavy (non-hydrogen) atoms. The highest BCUT2D eigenvalue weighted by Gasteiger charge is 2.24. The van der Waals surface area contributed by atoms with Gasteiger partial charge in [0.1, 0.15) is 6.61 Å². The van der Waals surface area contributed by atoms with Crippen LogP contribution in [0.25, 0.3) is 0 Å². The zero-order valence-corrected chi connectivity index (χ0v) is 11.2. The van der Waals surface area contributed by atoms with Crippen LogP contribution < -0.4 is 10.6 Å². The molecule has 5 heteroatoms. The first-order valence-electron chi connectivity index (χ1n) is 5.93. The largest absolute Gasteiger partial charge is 0.445 e. The van der Waals surface area contributed by atoms with Gasteiger partial charge in [0.25, 0.3) is 0 Å². The standard InChI is InChI=1S/C13H18N2O2.ClH/c1-10-7-14-8-12(10)15-13(16)17-9-11-5-3-2-4-6-11;/h2-6,10,12,14H,7-9H2,1H3,(H,15,16);1H/t10-,12-;/m0./s1. The first kappa shape index (κ1) is 14.8. The van der Waals surface area contributed by atoms with Crippen LogP contribution in [0.3, 0.4) is 0 Å². The molecule has 2 atom stereocenters. The van der Waals surface area contributed by atoms with E-state index in [0.29, 0.717) is 12.5 Å². The van der Waals surface area contributed by atoms with Crippen LogP contribution in [-0.4, -0.2) is 25.2 Å². The minimum atomic E-state index is -0.339. The zero-order valence-electron chi connectivity index (χ0n) is 10.4. The number of carbonyl (C=O) groups excluding carboxylic acids is 1. The lowest BCUT2D eigenvalue weighted by molar-refractivity contribution is 0.134. The minimum Gasteiger partial charge on any atom is -0.445 e. The van der Waals surface area contributed by atoms with E-state index in [9.17, 15) is 4.79 Å². The fourth-order valence-corrected chi connectivity index (χ4v) is 1.92. The second-order valence-corrected chi connectivity index (χ2v) is 4.45. The molecule has 1 aromatic carbocycles. The molecule has 1 amide bonds. The summed E-state index contributed by atoms with van der Waals surface area (Å²) < 4.78 is 5.16. The number of ether oxygens (including phenoxy) is 1. The predicted molar refractivity (Wildman–Crippen MR) is 72.8 cm³/mol. The molecular formula is C13H19ClN2O2. The maximum absolute atomic E-state index is 11.6. The Morgan fingerprint density at radius 3 is 2.72 bits per heavy atom. The molecule has 0 radical (unpaired) electrons. The average molecular weight is 271 g/mol. The van der Waals surface area contributed by atoms with Crippen molar-refractivity contribution in [2.45, 2.75) is 19.6 Å². The van der Waals surface area contributed by atoms with E-state index in [0.717, 1.165) is 18.7 Å². The molecule has 1 aromatic rings. The quantitative estimate of drug-likeness (QED) is 0.883. The summed E-state index contributed by atoms with van der Waals surface area (Å²) in [7, 11) is 0. The summed E-state index contributed by atoms with van der Waals surface area (Å²) in [6.07, 6.45) is -0.339. The number of rotatable bonds is 3. The Labute approximate surface area is 114 Å². The number of alkyl carbamates (subject to hydrolysis) is 1. The van der Waals surface area contributed by atoms with Crippen molar-refractivity contribution in [3.63, 3.8) is 0 Å². The van der Waals surface area contributed by atoms with E-state index >= 15 is 0 Å². The molecule has 1 saturated heterocycles. The Bertz CT molecular complexity index is 373. The van der Waals surface area contributed by atoms with Crippen molar-refractivity contribution in [3.05, 3.63) is 35.9 Å². The Morgan fingerprint density at radius 1 is 1.39 bits per heavy atom. The topological polar surface area (TPSA) is 50.4 Å². The fourth-order valence-electron chi connectivity index (χ4n) is 1.92. The second kappa shape index (κ2) is 7.24. The van der Waals surface area contributed by atoms with Crippen molar-refractivity contribution in [1.82, 2.24) is 10.6 Å². The molecule has 0 spiro atoms. The Hall–Kier alpha value is -1.26. The number of nitrogens with one attached hydrogen (secondary N) is 2. The van der Waals surface area contributed by atoms with Crippen molar-refractivity contribution in [2.24, 2.45) is 5.92 Å². The van der Waals surface area contributed by atoms with Gasteiger partial charge in [-0.15, -0.1) is 12.4 Å². The van der Waals surface area contributed by atoms with Gasteiger partial charge in [-0.1, -0.05) is 37.3 Å². The highest BCUT2D eigenvalue weighted by atomic mass is 35.5. The Kier molecular flexibility index (Phi) is 5.95. The smallest absolute Gasteiger partial charge is 0.407 e. The number of carbonyl (C=O) groups is 1. The van der Waals surface area contributed by atoms with Crippen LogP contribution in [0.4, 0.5) is 4.79 Å². The first-order chi connectivity index (χ1) is 8.25. The molecule has 1 aliphatic rings. The molecule has 0 aliphatic carbocycles. The maximum atomic E-state index is 11.6. The van der Waals surface area contributed by atoms with Gasteiger partial charge in [-0.05, 0) is 18.0 Å². The van der Waals surface area contributed by atoms with E-state index in [1.54, 1.807) is 0 Å². The summed E-state index contributed by atoms with van der Waals surface area (Å²) in [5.74, 6) is 0.458. The molecular weight excluding hydrogens is 252 g/mol. The molecule has 0 aromatic heterocycles. The molecule has 100 valence electrons. The summed E-state index contributed by atoms with van der Waals surface area (Å²) in [5, 5.41) is 6.11. The van der Waals surface area contributed by atoms with Gasteiger partial charge in [-0.25, -0.2) is 4.79 Å². The summed E-state index contributed by atoms with van der Waals surface area (Å²) in [5.41, 5.74) is 1.00. The monoisotopic (exact) mass is 270 g/mol. The van der Waals surface area contributed by atoms with Crippen molar-refractivity contribution in [1.29, 1.82) is 0 Å². The van der Waals surface area contributed by atoms with Crippen molar-refractivity contribution in [2.75, 3.05) is 13.1 Å². The van der Waals surface area contributed by atoms with Gasteiger partial charge in [0.05, 0.1) is 0 Å². The van der Waals surface area contributed by atoms with E-state index in [-0.39, 0.29) is 24.5 Å². The van der Waals surface area contributed by atoms with Gasteiger partial charge in [0.15, 0.2) is 0 Å². The summed E-state index contributed by atoms with van der Waals surface area (Å²) in [6, 6.07) is 9.85. The number of halogens is 1. The minimum absolute atomic E-state index is 0. The predicted octanol–water partition coefficient (Wildman–Crippen LogP) is 1.94. The van der Waals surface area contributed by atoms with E-state index in [1.807, 2.05) is 30.3 Å². The summed E-state index contributed by atoms with van der Waals surface area (Å²) in [6.45, 7) is 4.20. The molecule has 0 saturated carbocycles. The van der Waals surface area contributed by atoms with E-state index in [1.165, 1.54) is 0 Å². The number of hydrogen-bond donors (Lipinski definition) is 2. The number of amides is 1. The third-order valence-corrected chi connectivity index (χ3v) is 3.03.